The first-order chi connectivity index (χ1) is 14.4. The van der Waals surface area contributed by atoms with Gasteiger partial charge in [-0.25, -0.2) is 9.78 Å². The van der Waals surface area contributed by atoms with Crippen molar-refractivity contribution in [2.75, 3.05) is 24.3 Å². The summed E-state index contributed by atoms with van der Waals surface area (Å²) in [7, 11) is 1.62. The molecule has 9 heteroatoms. The van der Waals surface area contributed by atoms with Crippen LogP contribution in [0.5, 0.6) is 5.75 Å². The van der Waals surface area contributed by atoms with Crippen LogP contribution in [0.1, 0.15) is 20.9 Å². The van der Waals surface area contributed by atoms with E-state index >= 15 is 0 Å². The summed E-state index contributed by atoms with van der Waals surface area (Å²) in [4.78, 5) is 29.4. The molecule has 0 aliphatic rings. The number of anilines is 2. The van der Waals surface area contributed by atoms with Gasteiger partial charge in [-0.15, -0.1) is 0 Å². The highest BCUT2D eigenvalue weighted by Crippen LogP contribution is 2.23. The smallest absolute Gasteiger partial charge is 0.325 e. The highest BCUT2D eigenvalue weighted by molar-refractivity contribution is 7.17. The third kappa shape index (κ3) is 5.95. The summed E-state index contributed by atoms with van der Waals surface area (Å²) in [5.41, 5.74) is 2.21. The zero-order valence-electron chi connectivity index (χ0n) is 16.5. The summed E-state index contributed by atoms with van der Waals surface area (Å²) in [5, 5.41) is 9.06. The fraction of sp³-hybridized carbons (Fsp3) is 0.190. The first-order valence-corrected chi connectivity index (χ1v) is 10.4. The lowest BCUT2D eigenvalue weighted by atomic mass is 10.1. The molecule has 3 aromatic rings. The van der Waals surface area contributed by atoms with Gasteiger partial charge in [-0.05, 0) is 49.2 Å². The van der Waals surface area contributed by atoms with E-state index in [9.17, 15) is 9.59 Å². The molecule has 156 valence electrons. The molecular weight excluding hydrogens is 424 g/mol. The van der Waals surface area contributed by atoms with Crippen molar-refractivity contribution in [2.45, 2.75) is 13.3 Å². The van der Waals surface area contributed by atoms with Crippen LogP contribution in [0.25, 0.3) is 0 Å². The Labute approximate surface area is 183 Å². The quantitative estimate of drug-likeness (QED) is 0.491. The van der Waals surface area contributed by atoms with Crippen LogP contribution in [0, 0.1) is 6.92 Å². The fourth-order valence-corrected chi connectivity index (χ4v) is 3.75. The summed E-state index contributed by atoms with van der Waals surface area (Å²) in [6.45, 7) is 2.22. The van der Waals surface area contributed by atoms with E-state index in [2.05, 4.69) is 20.9 Å². The summed E-state index contributed by atoms with van der Waals surface area (Å²) in [5.74, 6) is 0.573. The number of aryl methyl sites for hydroxylation is 1. The third-order valence-corrected chi connectivity index (χ3v) is 5.47. The van der Waals surface area contributed by atoms with Gasteiger partial charge in [-0.1, -0.05) is 41.1 Å². The number of amides is 3. The van der Waals surface area contributed by atoms with Crippen LogP contribution >= 0.6 is 22.9 Å². The van der Waals surface area contributed by atoms with Gasteiger partial charge in [-0.3, -0.25) is 10.1 Å². The molecule has 0 unspecified atom stereocenters. The molecule has 0 saturated heterocycles. The molecule has 1 aromatic heterocycles. The Morgan fingerprint density at radius 1 is 1.13 bits per heavy atom. The number of halogens is 1. The second-order valence-electron chi connectivity index (χ2n) is 6.38. The maximum atomic E-state index is 12.5. The van der Waals surface area contributed by atoms with Gasteiger partial charge in [0.15, 0.2) is 5.13 Å². The molecular formula is C21H21ClN4O3S. The number of hydrogen-bond donors (Lipinski definition) is 3. The van der Waals surface area contributed by atoms with E-state index in [1.54, 1.807) is 38.3 Å². The minimum atomic E-state index is -0.461. The van der Waals surface area contributed by atoms with E-state index in [1.807, 2.05) is 24.3 Å². The molecule has 0 aliphatic carbocycles. The Morgan fingerprint density at radius 2 is 1.90 bits per heavy atom. The topological polar surface area (TPSA) is 92.4 Å². The largest absolute Gasteiger partial charge is 0.497 e. The van der Waals surface area contributed by atoms with E-state index < -0.39 is 6.03 Å². The zero-order valence-corrected chi connectivity index (χ0v) is 18.1. The number of urea groups is 1. The first kappa shape index (κ1) is 21.6. The summed E-state index contributed by atoms with van der Waals surface area (Å²) in [6.07, 6.45) is 0.695. The maximum Gasteiger partial charge on any atom is 0.325 e. The minimum Gasteiger partial charge on any atom is -0.497 e. The molecule has 0 spiro atoms. The van der Waals surface area contributed by atoms with Crippen LogP contribution in [-0.4, -0.2) is 30.6 Å². The Hall–Kier alpha value is -3.10. The second kappa shape index (κ2) is 10.1. The van der Waals surface area contributed by atoms with Crippen LogP contribution in [0.2, 0.25) is 5.02 Å². The van der Waals surface area contributed by atoms with Crippen molar-refractivity contribution in [3.05, 3.63) is 69.7 Å². The van der Waals surface area contributed by atoms with E-state index in [0.29, 0.717) is 39.4 Å². The Morgan fingerprint density at radius 3 is 2.60 bits per heavy atom. The summed E-state index contributed by atoms with van der Waals surface area (Å²) < 4.78 is 5.14. The second-order valence-corrected chi connectivity index (χ2v) is 7.81. The van der Waals surface area contributed by atoms with Gasteiger partial charge in [0.05, 0.1) is 12.8 Å². The van der Waals surface area contributed by atoms with Gasteiger partial charge in [-0.2, -0.15) is 0 Å². The third-order valence-electron chi connectivity index (χ3n) is 4.16. The molecule has 0 bridgehead atoms. The number of nitrogens with zero attached hydrogens (tertiary/aromatic N) is 1. The average molecular weight is 445 g/mol. The SMILES string of the molecule is COc1ccc(CCNC(=O)c2sc(NC(=O)Nc3cccc(Cl)c3)nc2C)cc1. The van der Waals surface area contributed by atoms with Crippen LogP contribution in [-0.2, 0) is 6.42 Å². The van der Waals surface area contributed by atoms with Crippen molar-refractivity contribution in [1.29, 1.82) is 0 Å². The molecule has 0 radical (unpaired) electrons. The first-order valence-electron chi connectivity index (χ1n) is 9.16. The van der Waals surface area contributed by atoms with Gasteiger partial charge in [0.25, 0.3) is 5.91 Å². The highest BCUT2D eigenvalue weighted by atomic mass is 35.5. The number of carbonyl (C=O) groups excluding carboxylic acids is 2. The van der Waals surface area contributed by atoms with Crippen molar-refractivity contribution >= 4 is 45.7 Å². The fourth-order valence-electron chi connectivity index (χ4n) is 2.68. The highest BCUT2D eigenvalue weighted by Gasteiger charge is 2.16. The van der Waals surface area contributed by atoms with Crippen molar-refractivity contribution < 1.29 is 14.3 Å². The molecule has 0 saturated carbocycles. The van der Waals surface area contributed by atoms with Crippen LogP contribution < -0.4 is 20.7 Å². The minimum absolute atomic E-state index is 0.221. The lowest BCUT2D eigenvalue weighted by Gasteiger charge is -2.06. The Balaban J connectivity index is 1.52. The number of aromatic nitrogens is 1. The van der Waals surface area contributed by atoms with Gasteiger partial charge in [0.2, 0.25) is 0 Å². The molecule has 30 heavy (non-hydrogen) atoms. The molecule has 0 aliphatic heterocycles. The van der Waals surface area contributed by atoms with Crippen molar-refractivity contribution in [3.63, 3.8) is 0 Å². The number of carbonyl (C=O) groups is 2. The number of ether oxygens (including phenoxy) is 1. The number of rotatable bonds is 7. The van der Waals surface area contributed by atoms with Gasteiger partial charge >= 0.3 is 6.03 Å². The molecule has 1 heterocycles. The summed E-state index contributed by atoms with van der Waals surface area (Å²) >= 11 is 7.03. The molecule has 0 atom stereocenters. The van der Waals surface area contributed by atoms with E-state index in [4.69, 9.17) is 16.3 Å². The van der Waals surface area contributed by atoms with Crippen molar-refractivity contribution in [2.24, 2.45) is 0 Å². The van der Waals surface area contributed by atoms with Crippen molar-refractivity contribution in [1.82, 2.24) is 10.3 Å². The number of benzene rings is 2. The molecule has 2 aromatic carbocycles. The van der Waals surface area contributed by atoms with Crippen LogP contribution in [0.4, 0.5) is 15.6 Å². The van der Waals surface area contributed by atoms with Crippen LogP contribution in [0.3, 0.4) is 0 Å². The standard InChI is InChI=1S/C21H21ClN4O3S/c1-13-18(19(27)23-11-10-14-6-8-17(29-2)9-7-14)30-21(24-13)26-20(28)25-16-5-3-4-15(22)12-16/h3-9,12H,10-11H2,1-2H3,(H,23,27)(H2,24,25,26,28). The van der Waals surface area contributed by atoms with E-state index in [1.165, 1.54) is 0 Å². The lowest BCUT2D eigenvalue weighted by molar-refractivity contribution is 0.0957. The Bertz CT molecular complexity index is 1040. The predicted octanol–water partition coefficient (Wildman–Crippen LogP) is 4.73. The molecule has 7 nitrogen and oxygen atoms in total. The zero-order chi connectivity index (χ0) is 21.5. The number of methoxy groups -OCH3 is 1. The van der Waals surface area contributed by atoms with Gasteiger partial charge < -0.3 is 15.4 Å². The number of hydrogen-bond acceptors (Lipinski definition) is 5. The Kier molecular flexibility index (Phi) is 7.26. The normalized spacial score (nSPS) is 10.4. The molecule has 0 fully saturated rings. The molecule has 3 rings (SSSR count). The summed E-state index contributed by atoms with van der Waals surface area (Å²) in [6, 6.07) is 14.0. The monoisotopic (exact) mass is 444 g/mol. The number of nitrogens with one attached hydrogen (secondary N) is 3. The van der Waals surface area contributed by atoms with E-state index in [-0.39, 0.29) is 5.91 Å². The van der Waals surface area contributed by atoms with Gasteiger partial charge in [0, 0.05) is 17.3 Å². The average Bonchev–Trinajstić information content (AvgIpc) is 3.08. The maximum absolute atomic E-state index is 12.5. The van der Waals surface area contributed by atoms with E-state index in [0.717, 1.165) is 22.6 Å². The number of thiazole rings is 1. The molecule has 3 amide bonds. The van der Waals surface area contributed by atoms with Crippen LogP contribution in [0.15, 0.2) is 48.5 Å². The van der Waals surface area contributed by atoms with Gasteiger partial charge in [0.1, 0.15) is 10.6 Å². The molecule has 3 N–H and O–H groups in total. The lowest BCUT2D eigenvalue weighted by Crippen LogP contribution is -2.25. The predicted molar refractivity (Wildman–Crippen MR) is 120 cm³/mol. The van der Waals surface area contributed by atoms with Crippen molar-refractivity contribution in [3.8, 4) is 5.75 Å².